The number of hydrogen-bond donors (Lipinski definition) is 1. The first-order chi connectivity index (χ1) is 12.7. The molecule has 0 saturated heterocycles. The molecule has 0 aliphatic rings. The second-order valence-electron chi connectivity index (χ2n) is 5.65. The van der Waals surface area contributed by atoms with Crippen molar-refractivity contribution in [3.8, 4) is 11.6 Å². The number of carbonyl (C=O) groups is 1. The number of rotatable bonds is 4. The molecule has 8 heteroatoms. The Morgan fingerprint density at radius 1 is 1.08 bits per heavy atom. The molecule has 2 aromatic carbocycles. The van der Waals surface area contributed by atoms with Gasteiger partial charge in [0.25, 0.3) is 5.91 Å². The third kappa shape index (κ3) is 3.34. The van der Waals surface area contributed by atoms with E-state index in [9.17, 15) is 4.79 Å². The van der Waals surface area contributed by atoms with Gasteiger partial charge in [-0.2, -0.15) is 0 Å². The van der Waals surface area contributed by atoms with Gasteiger partial charge in [0.2, 0.25) is 5.88 Å². The van der Waals surface area contributed by atoms with Crippen LogP contribution in [-0.2, 0) is 0 Å². The summed E-state index contributed by atoms with van der Waals surface area (Å²) >= 11 is 0. The van der Waals surface area contributed by atoms with Crippen LogP contribution in [0.25, 0.3) is 5.65 Å². The molecule has 0 spiro atoms. The van der Waals surface area contributed by atoms with Crippen LogP contribution in [0.2, 0.25) is 0 Å². The van der Waals surface area contributed by atoms with Crippen molar-refractivity contribution in [3.63, 3.8) is 0 Å². The lowest BCUT2D eigenvalue weighted by molar-refractivity contribution is 0.102. The molecular formula is C18H14N6O2. The SMILES string of the molecule is Cc1cccc(C(=O)Nc2ccc(Oc3ccc4nnnn4n3)cc2)c1. The van der Waals surface area contributed by atoms with Gasteiger partial charge < -0.3 is 10.1 Å². The van der Waals surface area contributed by atoms with Crippen LogP contribution in [0.4, 0.5) is 5.69 Å². The van der Waals surface area contributed by atoms with E-state index in [0.29, 0.717) is 28.5 Å². The number of nitrogens with one attached hydrogen (secondary N) is 1. The number of tetrazole rings is 1. The zero-order valence-corrected chi connectivity index (χ0v) is 13.8. The maximum atomic E-state index is 12.3. The highest BCUT2D eigenvalue weighted by molar-refractivity contribution is 6.04. The number of ether oxygens (including phenoxy) is 1. The van der Waals surface area contributed by atoms with Crippen LogP contribution in [0.5, 0.6) is 11.6 Å². The number of fused-ring (bicyclic) bond motifs is 1. The Balaban J connectivity index is 1.45. The van der Waals surface area contributed by atoms with E-state index in [-0.39, 0.29) is 5.91 Å². The van der Waals surface area contributed by atoms with Crippen LogP contribution < -0.4 is 10.1 Å². The normalized spacial score (nSPS) is 10.7. The molecular weight excluding hydrogens is 332 g/mol. The quantitative estimate of drug-likeness (QED) is 0.610. The second-order valence-corrected chi connectivity index (χ2v) is 5.65. The van der Waals surface area contributed by atoms with E-state index in [1.165, 1.54) is 4.63 Å². The molecule has 0 aliphatic heterocycles. The monoisotopic (exact) mass is 346 g/mol. The summed E-state index contributed by atoms with van der Waals surface area (Å²) in [5, 5.41) is 18.0. The summed E-state index contributed by atoms with van der Waals surface area (Å²) in [6.45, 7) is 1.95. The number of aromatic nitrogens is 5. The minimum atomic E-state index is -0.159. The minimum absolute atomic E-state index is 0.159. The van der Waals surface area contributed by atoms with Gasteiger partial charge in [-0.05, 0) is 59.8 Å². The van der Waals surface area contributed by atoms with Crippen molar-refractivity contribution in [2.45, 2.75) is 6.92 Å². The van der Waals surface area contributed by atoms with E-state index in [4.69, 9.17) is 4.74 Å². The number of nitrogens with zero attached hydrogens (tertiary/aromatic N) is 5. The molecule has 8 nitrogen and oxygen atoms in total. The lowest BCUT2D eigenvalue weighted by atomic mass is 10.1. The van der Waals surface area contributed by atoms with Crippen molar-refractivity contribution in [1.82, 2.24) is 25.3 Å². The van der Waals surface area contributed by atoms with Crippen LogP contribution >= 0.6 is 0 Å². The zero-order chi connectivity index (χ0) is 17.9. The van der Waals surface area contributed by atoms with Crippen LogP contribution in [-0.4, -0.2) is 31.2 Å². The van der Waals surface area contributed by atoms with E-state index in [2.05, 4.69) is 25.9 Å². The van der Waals surface area contributed by atoms with Crippen molar-refractivity contribution >= 4 is 17.2 Å². The zero-order valence-electron chi connectivity index (χ0n) is 13.8. The molecule has 4 rings (SSSR count). The van der Waals surface area contributed by atoms with Gasteiger partial charge in [-0.3, -0.25) is 4.79 Å². The molecule has 4 aromatic rings. The Morgan fingerprint density at radius 2 is 1.92 bits per heavy atom. The average Bonchev–Trinajstić information content (AvgIpc) is 3.11. The molecule has 0 saturated carbocycles. The Hall–Kier alpha value is -3.81. The fourth-order valence-electron chi connectivity index (χ4n) is 2.40. The lowest BCUT2D eigenvalue weighted by Gasteiger charge is -2.08. The topological polar surface area (TPSA) is 94.3 Å². The van der Waals surface area contributed by atoms with Crippen molar-refractivity contribution < 1.29 is 9.53 Å². The third-order valence-electron chi connectivity index (χ3n) is 3.66. The number of anilines is 1. The first kappa shape index (κ1) is 15.7. The summed E-state index contributed by atoms with van der Waals surface area (Å²) < 4.78 is 6.96. The minimum Gasteiger partial charge on any atom is -0.438 e. The van der Waals surface area contributed by atoms with Gasteiger partial charge in [-0.15, -0.1) is 14.8 Å². The van der Waals surface area contributed by atoms with Gasteiger partial charge in [-0.25, -0.2) is 0 Å². The summed E-state index contributed by atoms with van der Waals surface area (Å²) in [5.74, 6) is 0.785. The summed E-state index contributed by atoms with van der Waals surface area (Å²) in [4.78, 5) is 12.3. The molecule has 0 atom stereocenters. The molecule has 26 heavy (non-hydrogen) atoms. The highest BCUT2D eigenvalue weighted by Crippen LogP contribution is 2.21. The highest BCUT2D eigenvalue weighted by atomic mass is 16.5. The van der Waals surface area contributed by atoms with Gasteiger partial charge in [0, 0.05) is 17.3 Å². The van der Waals surface area contributed by atoms with Gasteiger partial charge in [0.15, 0.2) is 5.65 Å². The summed E-state index contributed by atoms with van der Waals surface area (Å²) in [5.41, 5.74) is 2.86. The maximum Gasteiger partial charge on any atom is 0.255 e. The summed E-state index contributed by atoms with van der Waals surface area (Å²) in [7, 11) is 0. The molecule has 2 heterocycles. The first-order valence-corrected chi connectivity index (χ1v) is 7.89. The van der Waals surface area contributed by atoms with Crippen molar-refractivity contribution in [3.05, 3.63) is 71.8 Å². The third-order valence-corrected chi connectivity index (χ3v) is 3.66. The number of carbonyl (C=O) groups excluding carboxylic acids is 1. The van der Waals surface area contributed by atoms with E-state index in [1.807, 2.05) is 25.1 Å². The van der Waals surface area contributed by atoms with Gasteiger partial charge in [0.05, 0.1) is 0 Å². The van der Waals surface area contributed by atoms with E-state index < -0.39 is 0 Å². The molecule has 1 amide bonds. The molecule has 0 unspecified atom stereocenters. The lowest BCUT2D eigenvalue weighted by Crippen LogP contribution is -2.11. The van der Waals surface area contributed by atoms with Crippen LogP contribution in [0.3, 0.4) is 0 Å². The van der Waals surface area contributed by atoms with E-state index in [0.717, 1.165) is 5.56 Å². The predicted molar refractivity (Wildman–Crippen MR) is 94.2 cm³/mol. The Kier molecular flexibility index (Phi) is 3.98. The average molecular weight is 346 g/mol. The molecule has 1 N–H and O–H groups in total. The fourth-order valence-corrected chi connectivity index (χ4v) is 2.40. The van der Waals surface area contributed by atoms with Crippen molar-refractivity contribution in [1.29, 1.82) is 0 Å². The predicted octanol–water partition coefficient (Wildman–Crippen LogP) is 2.87. The summed E-state index contributed by atoms with van der Waals surface area (Å²) in [6.07, 6.45) is 0. The standard InChI is InChI=1S/C18H14N6O2/c1-12-3-2-4-13(11-12)18(25)19-14-5-7-15(8-6-14)26-17-10-9-16-20-22-23-24(16)21-17/h2-11H,1H3,(H,19,25). The molecule has 0 radical (unpaired) electrons. The maximum absolute atomic E-state index is 12.3. The van der Waals surface area contributed by atoms with Crippen LogP contribution in [0.15, 0.2) is 60.7 Å². The van der Waals surface area contributed by atoms with E-state index >= 15 is 0 Å². The Bertz CT molecular complexity index is 1070. The number of aryl methyl sites for hydroxylation is 1. The van der Waals surface area contributed by atoms with Crippen molar-refractivity contribution in [2.75, 3.05) is 5.32 Å². The van der Waals surface area contributed by atoms with Crippen molar-refractivity contribution in [2.24, 2.45) is 0 Å². The fraction of sp³-hybridized carbons (Fsp3) is 0.0556. The van der Waals surface area contributed by atoms with Crippen LogP contribution in [0.1, 0.15) is 15.9 Å². The number of amides is 1. The number of hydrogen-bond acceptors (Lipinski definition) is 6. The second kappa shape index (κ2) is 6.60. The number of benzene rings is 2. The highest BCUT2D eigenvalue weighted by Gasteiger charge is 2.07. The smallest absolute Gasteiger partial charge is 0.255 e. The molecule has 0 fully saturated rings. The molecule has 128 valence electrons. The van der Waals surface area contributed by atoms with E-state index in [1.54, 1.807) is 42.5 Å². The van der Waals surface area contributed by atoms with Gasteiger partial charge in [0.1, 0.15) is 5.75 Å². The molecule has 0 aliphatic carbocycles. The Morgan fingerprint density at radius 3 is 2.73 bits per heavy atom. The summed E-state index contributed by atoms with van der Waals surface area (Å²) in [6, 6.07) is 17.8. The van der Waals surface area contributed by atoms with Gasteiger partial charge >= 0.3 is 0 Å². The molecule has 0 bridgehead atoms. The molecule has 2 aromatic heterocycles. The van der Waals surface area contributed by atoms with Gasteiger partial charge in [-0.1, -0.05) is 17.7 Å². The largest absolute Gasteiger partial charge is 0.438 e. The van der Waals surface area contributed by atoms with Crippen LogP contribution in [0, 0.1) is 6.92 Å². The first-order valence-electron chi connectivity index (χ1n) is 7.89. The Labute approximate surface area is 148 Å².